The lowest BCUT2D eigenvalue weighted by Crippen LogP contribution is -2.50. The highest BCUT2D eigenvalue weighted by Gasteiger charge is 2.23. The molecule has 1 aromatic rings. The van der Waals surface area contributed by atoms with E-state index >= 15 is 0 Å². The largest absolute Gasteiger partial charge is 0.555 e. The fourth-order valence-electron chi connectivity index (χ4n) is 1.37. The van der Waals surface area contributed by atoms with Crippen molar-refractivity contribution in [2.45, 2.75) is 6.29 Å². The van der Waals surface area contributed by atoms with Crippen LogP contribution in [0.5, 0.6) is 0 Å². The van der Waals surface area contributed by atoms with Crippen molar-refractivity contribution in [1.29, 1.82) is 0 Å². The van der Waals surface area contributed by atoms with Crippen LogP contribution in [-0.2, 0) is 9.47 Å². The normalized spacial score (nSPS) is 18.3. The third kappa shape index (κ3) is 2.33. The van der Waals surface area contributed by atoms with Gasteiger partial charge in [-0.05, 0) is 11.7 Å². The van der Waals surface area contributed by atoms with E-state index < -0.39 is 13.0 Å². The second-order valence-electron chi connectivity index (χ2n) is 3.32. The molecule has 1 aliphatic rings. The molecular weight excluding hydrogens is 201 g/mol. The van der Waals surface area contributed by atoms with Crippen molar-refractivity contribution >= 4 is 12.3 Å². The molecule has 3 N–H and O–H groups in total. The lowest BCUT2D eigenvalue weighted by Gasteiger charge is -2.21. The van der Waals surface area contributed by atoms with Crippen LogP contribution in [0.1, 0.15) is 11.9 Å². The van der Waals surface area contributed by atoms with E-state index in [0.717, 1.165) is 0 Å². The van der Waals surface area contributed by atoms with E-state index in [1.165, 1.54) is 12.3 Å². The maximum absolute atomic E-state index is 8.99. The van der Waals surface area contributed by atoms with Gasteiger partial charge in [-0.25, -0.2) is 0 Å². The van der Waals surface area contributed by atoms with Crippen molar-refractivity contribution in [3.8, 4) is 0 Å². The van der Waals surface area contributed by atoms with Gasteiger partial charge in [-0.2, -0.15) is 0 Å². The molecule has 0 unspecified atom stereocenters. The average molecular weight is 212 g/mol. The van der Waals surface area contributed by atoms with Gasteiger partial charge in [0.05, 0.1) is 13.2 Å². The van der Waals surface area contributed by atoms with Crippen LogP contribution in [0.2, 0.25) is 0 Å². The van der Waals surface area contributed by atoms with E-state index in [9.17, 15) is 0 Å². The molecule has 1 saturated heterocycles. The Kier molecular flexibility index (Phi) is 2.72. The number of pyridine rings is 1. The first-order valence-electron chi connectivity index (χ1n) is 4.58. The number of nitrogens with zero attached hydrogens (tertiary/aromatic N) is 1. The second-order valence-corrected chi connectivity index (χ2v) is 3.32. The number of hydrogen-bond donors (Lipinski definition) is 3. The Bertz CT molecular complexity index is 347. The maximum atomic E-state index is 8.99. The molecular formula is C8H11BNO5-. The van der Waals surface area contributed by atoms with E-state index in [1.54, 1.807) is 6.07 Å². The third-order valence-electron chi connectivity index (χ3n) is 2.10. The van der Waals surface area contributed by atoms with E-state index in [2.05, 4.69) is 4.98 Å². The van der Waals surface area contributed by atoms with E-state index in [1.807, 2.05) is 0 Å². The Morgan fingerprint density at radius 1 is 1.27 bits per heavy atom. The number of aromatic nitrogens is 1. The molecule has 7 heteroatoms. The van der Waals surface area contributed by atoms with E-state index in [-0.39, 0.29) is 5.59 Å². The molecule has 0 radical (unpaired) electrons. The summed E-state index contributed by atoms with van der Waals surface area (Å²) in [7, 11) is 0. The standard InChI is InChI=1S/C8H11BNO5/c11-9(12,13)7-5-6(1-2-10-7)8-14-3-4-15-8/h1-2,5,8,11-13H,3-4H2/q-1. The quantitative estimate of drug-likeness (QED) is 0.503. The highest BCUT2D eigenvalue weighted by Crippen LogP contribution is 2.21. The van der Waals surface area contributed by atoms with Gasteiger partial charge in [0.15, 0.2) is 6.29 Å². The zero-order chi connectivity index (χ0) is 10.9. The van der Waals surface area contributed by atoms with Crippen LogP contribution in [-0.4, -0.2) is 40.0 Å². The highest BCUT2D eigenvalue weighted by molar-refractivity contribution is 6.70. The third-order valence-corrected chi connectivity index (χ3v) is 2.10. The van der Waals surface area contributed by atoms with Gasteiger partial charge in [-0.15, -0.1) is 0 Å². The Morgan fingerprint density at radius 2 is 1.93 bits per heavy atom. The number of hydrogen-bond acceptors (Lipinski definition) is 6. The van der Waals surface area contributed by atoms with Gasteiger partial charge in [0, 0.05) is 11.8 Å². The van der Waals surface area contributed by atoms with Crippen LogP contribution in [0.15, 0.2) is 18.3 Å². The minimum Gasteiger partial charge on any atom is -0.555 e. The molecule has 0 bridgehead atoms. The first-order chi connectivity index (χ1) is 7.07. The summed E-state index contributed by atoms with van der Waals surface area (Å²) in [6, 6.07) is 2.97. The van der Waals surface area contributed by atoms with Crippen molar-refractivity contribution in [3.05, 3.63) is 23.9 Å². The van der Waals surface area contributed by atoms with Gasteiger partial charge in [0.2, 0.25) is 0 Å². The van der Waals surface area contributed by atoms with Crippen LogP contribution in [0.3, 0.4) is 0 Å². The maximum Gasteiger partial charge on any atom is 0.420 e. The summed E-state index contributed by atoms with van der Waals surface area (Å²) in [5, 5.41) is 27.0. The molecule has 6 nitrogen and oxygen atoms in total. The smallest absolute Gasteiger partial charge is 0.420 e. The van der Waals surface area contributed by atoms with Crippen molar-refractivity contribution in [2.24, 2.45) is 0 Å². The monoisotopic (exact) mass is 212 g/mol. The molecule has 1 fully saturated rings. The summed E-state index contributed by atoms with van der Waals surface area (Å²) in [6.45, 7) is -2.57. The fraction of sp³-hybridized carbons (Fsp3) is 0.375. The lowest BCUT2D eigenvalue weighted by molar-refractivity contribution is -0.0441. The van der Waals surface area contributed by atoms with Crippen LogP contribution in [0.25, 0.3) is 0 Å². The molecule has 1 aromatic heterocycles. The molecule has 0 aromatic carbocycles. The molecule has 2 rings (SSSR count). The van der Waals surface area contributed by atoms with Gasteiger partial charge in [-0.3, -0.25) is 4.98 Å². The Labute approximate surface area is 86.1 Å². The Hall–Kier alpha value is -0.985. The van der Waals surface area contributed by atoms with Crippen LogP contribution in [0.4, 0.5) is 0 Å². The Morgan fingerprint density at radius 3 is 2.53 bits per heavy atom. The fourth-order valence-corrected chi connectivity index (χ4v) is 1.37. The van der Waals surface area contributed by atoms with Gasteiger partial charge >= 0.3 is 6.75 Å². The summed E-state index contributed by atoms with van der Waals surface area (Å²) < 4.78 is 10.4. The van der Waals surface area contributed by atoms with Crippen LogP contribution in [0, 0.1) is 0 Å². The molecule has 2 heterocycles. The van der Waals surface area contributed by atoms with Crippen molar-refractivity contribution in [1.82, 2.24) is 4.98 Å². The average Bonchev–Trinajstić information content (AvgIpc) is 2.69. The van der Waals surface area contributed by atoms with Gasteiger partial charge < -0.3 is 24.5 Å². The topological polar surface area (TPSA) is 92.0 Å². The van der Waals surface area contributed by atoms with E-state index in [4.69, 9.17) is 24.5 Å². The minimum atomic E-state index is -3.57. The highest BCUT2D eigenvalue weighted by atomic mass is 16.7. The predicted molar refractivity (Wildman–Crippen MR) is 50.9 cm³/mol. The van der Waals surface area contributed by atoms with Gasteiger partial charge in [0.1, 0.15) is 0 Å². The minimum absolute atomic E-state index is 0.202. The number of rotatable bonds is 2. The molecule has 0 saturated carbocycles. The molecule has 82 valence electrons. The summed E-state index contributed by atoms with van der Waals surface area (Å²) >= 11 is 0. The molecule has 15 heavy (non-hydrogen) atoms. The summed E-state index contributed by atoms with van der Waals surface area (Å²) in [4.78, 5) is 3.65. The first kappa shape index (κ1) is 10.5. The zero-order valence-corrected chi connectivity index (χ0v) is 7.91. The number of ether oxygens (including phenoxy) is 2. The molecule has 0 spiro atoms. The summed E-state index contributed by atoms with van der Waals surface area (Å²) in [5.41, 5.74) is 0.396. The summed E-state index contributed by atoms with van der Waals surface area (Å²) in [6.07, 6.45) is 0.833. The lowest BCUT2D eigenvalue weighted by atomic mass is 9.75. The molecule has 1 aliphatic heterocycles. The van der Waals surface area contributed by atoms with Crippen LogP contribution < -0.4 is 5.59 Å². The van der Waals surface area contributed by atoms with Crippen LogP contribution >= 0.6 is 0 Å². The van der Waals surface area contributed by atoms with Gasteiger partial charge in [0.25, 0.3) is 0 Å². The molecule has 0 amide bonds. The van der Waals surface area contributed by atoms with Crippen molar-refractivity contribution < 1.29 is 24.5 Å². The first-order valence-corrected chi connectivity index (χ1v) is 4.58. The van der Waals surface area contributed by atoms with Crippen molar-refractivity contribution in [3.63, 3.8) is 0 Å². The molecule has 0 aliphatic carbocycles. The molecule has 0 atom stereocenters. The van der Waals surface area contributed by atoms with Gasteiger partial charge in [-0.1, -0.05) is 6.07 Å². The Balaban J connectivity index is 2.26. The second kappa shape index (κ2) is 3.88. The SMILES string of the molecule is O[B-](O)(O)c1cc(C2OCCO2)ccn1. The predicted octanol–water partition coefficient (Wildman–Crippen LogP) is -1.75. The van der Waals surface area contributed by atoms with E-state index in [0.29, 0.717) is 18.8 Å². The van der Waals surface area contributed by atoms with Crippen molar-refractivity contribution in [2.75, 3.05) is 13.2 Å². The summed E-state index contributed by atoms with van der Waals surface area (Å²) in [5.74, 6) is 0. The zero-order valence-electron chi connectivity index (χ0n) is 7.91.